The molecule has 2 aromatic carbocycles. The maximum atomic E-state index is 13.0. The van der Waals surface area contributed by atoms with E-state index in [4.69, 9.17) is 22.1 Å². The summed E-state index contributed by atoms with van der Waals surface area (Å²) in [5.41, 5.74) is 6.51. The number of hydrogen-bond donors (Lipinski definition) is 2. The molecule has 0 heterocycles. The molecule has 6 heteroatoms. The third kappa shape index (κ3) is 4.10. The smallest absolute Gasteiger partial charge is 0.265 e. The van der Waals surface area contributed by atoms with Crippen LogP contribution in [0.15, 0.2) is 42.5 Å². The maximum Gasteiger partial charge on any atom is 0.265 e. The topological polar surface area (TPSA) is 64.3 Å². The van der Waals surface area contributed by atoms with Crippen LogP contribution in [0, 0.1) is 5.82 Å². The second-order valence-corrected chi connectivity index (χ2v) is 4.85. The van der Waals surface area contributed by atoms with Gasteiger partial charge in [-0.2, -0.15) is 0 Å². The van der Waals surface area contributed by atoms with E-state index in [1.54, 1.807) is 25.1 Å². The molecule has 110 valence electrons. The van der Waals surface area contributed by atoms with Gasteiger partial charge in [-0.05, 0) is 37.3 Å². The van der Waals surface area contributed by atoms with Crippen molar-refractivity contribution in [1.29, 1.82) is 0 Å². The molecule has 0 saturated carbocycles. The molecule has 0 aliphatic rings. The van der Waals surface area contributed by atoms with E-state index in [0.717, 1.165) is 0 Å². The molecule has 21 heavy (non-hydrogen) atoms. The number of nitrogens with one attached hydrogen (secondary N) is 1. The molecule has 0 fully saturated rings. The van der Waals surface area contributed by atoms with E-state index in [-0.39, 0.29) is 5.75 Å². The number of hydrogen-bond acceptors (Lipinski definition) is 3. The molecular weight excluding hydrogens is 295 g/mol. The van der Waals surface area contributed by atoms with Crippen molar-refractivity contribution < 1.29 is 13.9 Å². The first kappa shape index (κ1) is 15.1. The third-order valence-electron chi connectivity index (χ3n) is 2.73. The number of nitrogen functional groups attached to an aromatic ring is 1. The summed E-state index contributed by atoms with van der Waals surface area (Å²) in [7, 11) is 0. The molecule has 0 saturated heterocycles. The van der Waals surface area contributed by atoms with E-state index in [1.807, 2.05) is 0 Å². The van der Waals surface area contributed by atoms with Gasteiger partial charge in [0.05, 0.1) is 10.7 Å². The van der Waals surface area contributed by atoms with Gasteiger partial charge in [-0.3, -0.25) is 4.79 Å². The minimum atomic E-state index is -0.805. The zero-order valence-corrected chi connectivity index (χ0v) is 12.0. The lowest BCUT2D eigenvalue weighted by Crippen LogP contribution is -2.30. The fourth-order valence-electron chi connectivity index (χ4n) is 1.67. The monoisotopic (exact) mass is 308 g/mol. The quantitative estimate of drug-likeness (QED) is 0.850. The third-order valence-corrected chi connectivity index (χ3v) is 3.04. The van der Waals surface area contributed by atoms with Crippen LogP contribution in [-0.2, 0) is 4.79 Å². The molecule has 2 rings (SSSR count). The summed E-state index contributed by atoms with van der Waals surface area (Å²) >= 11 is 5.97. The van der Waals surface area contributed by atoms with Crippen LogP contribution in [0.2, 0.25) is 5.02 Å². The van der Waals surface area contributed by atoms with Crippen molar-refractivity contribution in [3.63, 3.8) is 0 Å². The van der Waals surface area contributed by atoms with Gasteiger partial charge in [0.15, 0.2) is 6.10 Å². The largest absolute Gasteiger partial charge is 0.481 e. The van der Waals surface area contributed by atoms with Crippen LogP contribution >= 0.6 is 11.6 Å². The standard InChI is InChI=1S/C15H14ClFN2O2/c1-9(21-12-4-2-3-10(17)7-12)15(20)19-14-6-5-11(18)8-13(14)16/h2-9H,18H2,1H3,(H,19,20). The predicted molar refractivity (Wildman–Crippen MR) is 81.0 cm³/mol. The summed E-state index contributed by atoms with van der Waals surface area (Å²) in [6, 6.07) is 10.3. The Labute approximate surface area is 126 Å². The van der Waals surface area contributed by atoms with E-state index in [1.165, 1.54) is 24.3 Å². The lowest BCUT2D eigenvalue weighted by atomic mass is 10.2. The molecule has 0 aliphatic carbocycles. The van der Waals surface area contributed by atoms with Crippen molar-refractivity contribution in [2.24, 2.45) is 0 Å². The molecule has 0 bridgehead atoms. The summed E-state index contributed by atoms with van der Waals surface area (Å²) in [5, 5.41) is 2.96. The van der Waals surface area contributed by atoms with Crippen LogP contribution in [0.1, 0.15) is 6.92 Å². The number of halogens is 2. The number of carbonyl (C=O) groups is 1. The molecule has 0 radical (unpaired) electrons. The highest BCUT2D eigenvalue weighted by Gasteiger charge is 2.16. The first-order chi connectivity index (χ1) is 9.95. The highest BCUT2D eigenvalue weighted by molar-refractivity contribution is 6.34. The number of rotatable bonds is 4. The summed E-state index contributed by atoms with van der Waals surface area (Å²) in [4.78, 5) is 12.0. The van der Waals surface area contributed by atoms with Gasteiger partial charge in [0, 0.05) is 11.8 Å². The SMILES string of the molecule is CC(Oc1cccc(F)c1)C(=O)Nc1ccc(N)cc1Cl. The Kier molecular flexibility index (Phi) is 4.65. The molecule has 2 aromatic rings. The number of carbonyl (C=O) groups excluding carboxylic acids is 1. The van der Waals surface area contributed by atoms with E-state index in [2.05, 4.69) is 5.32 Å². The number of amides is 1. The first-order valence-corrected chi connectivity index (χ1v) is 6.61. The molecule has 1 unspecified atom stereocenters. The Morgan fingerprint density at radius 3 is 2.76 bits per heavy atom. The molecule has 4 nitrogen and oxygen atoms in total. The molecule has 0 aromatic heterocycles. The number of anilines is 2. The lowest BCUT2D eigenvalue weighted by Gasteiger charge is -2.15. The first-order valence-electron chi connectivity index (χ1n) is 6.24. The van der Waals surface area contributed by atoms with Gasteiger partial charge in [0.25, 0.3) is 5.91 Å². The minimum absolute atomic E-state index is 0.279. The second-order valence-electron chi connectivity index (χ2n) is 4.45. The average Bonchev–Trinajstić information content (AvgIpc) is 2.41. The minimum Gasteiger partial charge on any atom is -0.481 e. The van der Waals surface area contributed by atoms with Crippen molar-refractivity contribution in [2.75, 3.05) is 11.1 Å². The number of ether oxygens (including phenoxy) is 1. The van der Waals surface area contributed by atoms with Gasteiger partial charge >= 0.3 is 0 Å². The predicted octanol–water partition coefficient (Wildman–Crippen LogP) is 3.47. The Hall–Kier alpha value is -2.27. The second kappa shape index (κ2) is 6.45. The zero-order chi connectivity index (χ0) is 15.4. The van der Waals surface area contributed by atoms with Gasteiger partial charge in [0.2, 0.25) is 0 Å². The summed E-state index contributed by atoms with van der Waals surface area (Å²) < 4.78 is 18.4. The zero-order valence-electron chi connectivity index (χ0n) is 11.3. The van der Waals surface area contributed by atoms with Crippen LogP contribution in [-0.4, -0.2) is 12.0 Å². The fraction of sp³-hybridized carbons (Fsp3) is 0.133. The van der Waals surface area contributed by atoms with Gasteiger partial charge < -0.3 is 15.8 Å². The maximum absolute atomic E-state index is 13.0. The molecule has 1 amide bonds. The van der Waals surface area contributed by atoms with E-state index >= 15 is 0 Å². The Bertz CT molecular complexity index is 664. The van der Waals surface area contributed by atoms with Crippen molar-refractivity contribution in [2.45, 2.75) is 13.0 Å². The summed E-state index contributed by atoms with van der Waals surface area (Å²) in [5.74, 6) is -0.548. The van der Waals surface area contributed by atoms with Crippen LogP contribution < -0.4 is 15.8 Å². The Morgan fingerprint density at radius 2 is 2.10 bits per heavy atom. The molecule has 0 spiro atoms. The van der Waals surface area contributed by atoms with Gasteiger partial charge in [0.1, 0.15) is 11.6 Å². The fourth-order valence-corrected chi connectivity index (χ4v) is 1.90. The molecule has 1 atom stereocenters. The highest BCUT2D eigenvalue weighted by Crippen LogP contribution is 2.24. The Balaban J connectivity index is 2.02. The van der Waals surface area contributed by atoms with Crippen molar-refractivity contribution in [3.05, 3.63) is 53.3 Å². The van der Waals surface area contributed by atoms with E-state index < -0.39 is 17.8 Å². The van der Waals surface area contributed by atoms with Crippen LogP contribution in [0.25, 0.3) is 0 Å². The van der Waals surface area contributed by atoms with Crippen molar-refractivity contribution in [1.82, 2.24) is 0 Å². The highest BCUT2D eigenvalue weighted by atomic mass is 35.5. The van der Waals surface area contributed by atoms with Crippen molar-refractivity contribution in [3.8, 4) is 5.75 Å². The molecule has 3 N–H and O–H groups in total. The number of nitrogens with two attached hydrogens (primary N) is 1. The summed E-state index contributed by atoms with van der Waals surface area (Å²) in [6.45, 7) is 1.56. The van der Waals surface area contributed by atoms with Gasteiger partial charge in [-0.25, -0.2) is 4.39 Å². The van der Waals surface area contributed by atoms with Crippen LogP contribution in [0.3, 0.4) is 0 Å². The molecular formula is C15H14ClFN2O2. The van der Waals surface area contributed by atoms with E-state index in [9.17, 15) is 9.18 Å². The van der Waals surface area contributed by atoms with Crippen molar-refractivity contribution >= 4 is 28.9 Å². The summed E-state index contributed by atoms with van der Waals surface area (Å²) in [6.07, 6.45) is -0.805. The van der Waals surface area contributed by atoms with Crippen LogP contribution in [0.5, 0.6) is 5.75 Å². The molecule has 0 aliphatic heterocycles. The van der Waals surface area contributed by atoms with Gasteiger partial charge in [-0.1, -0.05) is 17.7 Å². The normalized spacial score (nSPS) is 11.8. The average molecular weight is 309 g/mol. The van der Waals surface area contributed by atoms with Crippen LogP contribution in [0.4, 0.5) is 15.8 Å². The Morgan fingerprint density at radius 1 is 1.33 bits per heavy atom. The number of benzene rings is 2. The lowest BCUT2D eigenvalue weighted by molar-refractivity contribution is -0.122. The van der Waals surface area contributed by atoms with E-state index in [0.29, 0.717) is 16.4 Å². The van der Waals surface area contributed by atoms with Gasteiger partial charge in [-0.15, -0.1) is 0 Å².